The first-order valence-corrected chi connectivity index (χ1v) is 5.78. The maximum absolute atomic E-state index is 9.65. The van der Waals surface area contributed by atoms with E-state index < -0.39 is 42.6 Å². The largest absolute Gasteiger partial charge is 0.480 e. The third-order valence-corrected chi connectivity index (χ3v) is 1.25. The molecule has 0 saturated carbocycles. The minimum atomic E-state index is -1.18. The number of nitrogens with two attached hydrogens (primary N) is 4. The molecule has 0 aromatic rings. The van der Waals surface area contributed by atoms with Gasteiger partial charge in [0.05, 0.1) is 19.7 Å². The van der Waals surface area contributed by atoms with E-state index in [4.69, 9.17) is 37.0 Å². The van der Waals surface area contributed by atoms with Crippen molar-refractivity contribution >= 4 is 23.9 Å². The van der Waals surface area contributed by atoms with E-state index in [1.165, 1.54) is 6.92 Å². The SMILES string of the molecule is CC(N)C(=O)O.NC(CO)C(=O)O.NCC(=O)O.NCC(=O)O. The smallest absolute Gasteiger partial charge is 0.322 e. The minimum Gasteiger partial charge on any atom is -0.480 e. The van der Waals surface area contributed by atoms with Gasteiger partial charge >= 0.3 is 23.9 Å². The van der Waals surface area contributed by atoms with Crippen molar-refractivity contribution < 1.29 is 44.7 Å². The van der Waals surface area contributed by atoms with Crippen molar-refractivity contribution in [1.29, 1.82) is 0 Å². The standard InChI is InChI=1S/C3H7NO3.C3H7NO2.2C2H5NO2/c4-2(1-5)3(6)7;1-2(4)3(5)6;2*3-1-2(4)5/h2,5H,1,4H2,(H,6,7);2H,4H2,1H3,(H,5,6);2*1,3H2,(H,4,5). The predicted molar refractivity (Wildman–Crippen MR) is 77.4 cm³/mol. The first-order chi connectivity index (χ1) is 10.4. The van der Waals surface area contributed by atoms with Crippen molar-refractivity contribution in [2.75, 3.05) is 19.7 Å². The van der Waals surface area contributed by atoms with Crippen molar-refractivity contribution in [3.05, 3.63) is 0 Å². The number of rotatable bonds is 5. The second kappa shape index (κ2) is 19.7. The zero-order valence-corrected chi connectivity index (χ0v) is 12.5. The Labute approximate surface area is 131 Å². The summed E-state index contributed by atoms with van der Waals surface area (Å²) in [7, 11) is 0. The van der Waals surface area contributed by atoms with Gasteiger partial charge < -0.3 is 48.5 Å². The van der Waals surface area contributed by atoms with Crippen LogP contribution in [-0.2, 0) is 19.2 Å². The molecule has 0 fully saturated rings. The maximum atomic E-state index is 9.65. The molecule has 0 aliphatic rings. The van der Waals surface area contributed by atoms with Gasteiger partial charge in [0, 0.05) is 0 Å². The van der Waals surface area contributed by atoms with E-state index in [1.54, 1.807) is 0 Å². The molecule has 0 heterocycles. The second-order valence-corrected chi connectivity index (χ2v) is 3.45. The topological polar surface area (TPSA) is 274 Å². The molecule has 2 atom stereocenters. The van der Waals surface area contributed by atoms with Gasteiger partial charge in [-0.05, 0) is 6.92 Å². The highest BCUT2D eigenvalue weighted by Crippen LogP contribution is 1.71. The lowest BCUT2D eigenvalue weighted by Gasteiger charge is -1.96. The quantitative estimate of drug-likeness (QED) is 0.229. The molecule has 0 radical (unpaired) electrons. The van der Waals surface area contributed by atoms with E-state index in [0.29, 0.717) is 0 Å². The van der Waals surface area contributed by atoms with Crippen LogP contribution in [0.1, 0.15) is 6.92 Å². The van der Waals surface area contributed by atoms with Crippen LogP contribution in [0.2, 0.25) is 0 Å². The summed E-state index contributed by atoms with van der Waals surface area (Å²) < 4.78 is 0. The van der Waals surface area contributed by atoms with Gasteiger partial charge in [-0.3, -0.25) is 19.2 Å². The Hall–Kier alpha value is -2.32. The van der Waals surface area contributed by atoms with Crippen LogP contribution in [0.15, 0.2) is 0 Å². The Morgan fingerprint density at radius 1 is 0.826 bits per heavy atom. The Bertz CT molecular complexity index is 335. The molecule has 23 heavy (non-hydrogen) atoms. The average Bonchev–Trinajstić information content (AvgIpc) is 2.47. The fourth-order valence-electron chi connectivity index (χ4n) is 0.0781. The van der Waals surface area contributed by atoms with Gasteiger partial charge in [-0.2, -0.15) is 0 Å². The summed E-state index contributed by atoms with van der Waals surface area (Å²) in [6.45, 7) is 0.359. The van der Waals surface area contributed by atoms with Gasteiger partial charge in [-0.25, -0.2) is 0 Å². The molecule has 0 rings (SSSR count). The highest BCUT2D eigenvalue weighted by molar-refractivity contribution is 5.73. The van der Waals surface area contributed by atoms with E-state index in [0.717, 1.165) is 0 Å². The predicted octanol–water partition coefficient (Wildman–Crippen LogP) is -4.13. The Balaban J connectivity index is -0.000000106. The van der Waals surface area contributed by atoms with Gasteiger partial charge in [0.2, 0.25) is 0 Å². The number of carboxylic acids is 4. The summed E-state index contributed by atoms with van der Waals surface area (Å²) in [6, 6.07) is -1.86. The molecule has 0 amide bonds. The molecule has 0 aromatic carbocycles. The zero-order valence-electron chi connectivity index (χ0n) is 12.5. The van der Waals surface area contributed by atoms with E-state index in [2.05, 4.69) is 11.5 Å². The highest BCUT2D eigenvalue weighted by Gasteiger charge is 2.07. The molecule has 0 aliphatic carbocycles. The van der Waals surface area contributed by atoms with Gasteiger partial charge in [0.1, 0.15) is 12.1 Å². The van der Waals surface area contributed by atoms with Gasteiger partial charge in [-0.15, -0.1) is 0 Å². The molecular formula is C10H24N4O9. The first-order valence-electron chi connectivity index (χ1n) is 5.78. The fraction of sp³-hybridized carbons (Fsp3) is 0.600. The highest BCUT2D eigenvalue weighted by atomic mass is 16.4. The molecule has 138 valence electrons. The molecule has 13 N–H and O–H groups in total. The number of carboxylic acid groups (broad SMARTS) is 4. The lowest BCUT2D eigenvalue weighted by Crippen LogP contribution is -2.33. The van der Waals surface area contributed by atoms with Crippen molar-refractivity contribution in [3.63, 3.8) is 0 Å². The molecule has 0 saturated heterocycles. The summed E-state index contributed by atoms with van der Waals surface area (Å²) >= 11 is 0. The summed E-state index contributed by atoms with van der Waals surface area (Å²) in [5.41, 5.74) is 18.7. The maximum Gasteiger partial charge on any atom is 0.322 e. The average molecular weight is 344 g/mol. The number of hydrogen-bond acceptors (Lipinski definition) is 9. The van der Waals surface area contributed by atoms with Crippen LogP contribution >= 0.6 is 0 Å². The van der Waals surface area contributed by atoms with E-state index in [9.17, 15) is 19.2 Å². The summed E-state index contributed by atoms with van der Waals surface area (Å²) in [5, 5.41) is 39.0. The third-order valence-electron chi connectivity index (χ3n) is 1.25. The lowest BCUT2D eigenvalue weighted by molar-refractivity contribution is -0.140. The fourth-order valence-corrected chi connectivity index (χ4v) is 0.0781. The summed E-state index contributed by atoms with van der Waals surface area (Å²) in [6.07, 6.45) is 0. The molecule has 2 unspecified atom stereocenters. The van der Waals surface area contributed by atoms with Crippen molar-refractivity contribution in [3.8, 4) is 0 Å². The van der Waals surface area contributed by atoms with E-state index in [-0.39, 0.29) is 13.1 Å². The Morgan fingerprint density at radius 3 is 1.04 bits per heavy atom. The molecule has 13 heteroatoms. The monoisotopic (exact) mass is 344 g/mol. The van der Waals surface area contributed by atoms with Crippen LogP contribution in [-0.4, -0.2) is 81.2 Å². The van der Waals surface area contributed by atoms with E-state index >= 15 is 0 Å². The van der Waals surface area contributed by atoms with Gasteiger partial charge in [0.25, 0.3) is 0 Å². The second-order valence-electron chi connectivity index (χ2n) is 3.45. The van der Waals surface area contributed by atoms with Crippen LogP contribution < -0.4 is 22.9 Å². The first kappa shape index (κ1) is 28.8. The lowest BCUT2D eigenvalue weighted by atomic mass is 10.3. The van der Waals surface area contributed by atoms with Crippen LogP contribution in [0.4, 0.5) is 0 Å². The summed E-state index contributed by atoms with van der Waals surface area (Å²) in [5.74, 6) is -4.08. The Morgan fingerprint density at radius 2 is 1.04 bits per heavy atom. The number of hydrogen-bond donors (Lipinski definition) is 9. The molecular weight excluding hydrogens is 320 g/mol. The van der Waals surface area contributed by atoms with E-state index in [1.807, 2.05) is 0 Å². The summed E-state index contributed by atoms with van der Waals surface area (Å²) in [4.78, 5) is 37.7. The number of carbonyl (C=O) groups is 4. The molecule has 13 nitrogen and oxygen atoms in total. The number of aliphatic hydroxyl groups excluding tert-OH is 1. The molecule has 0 aliphatic heterocycles. The van der Waals surface area contributed by atoms with Crippen molar-refractivity contribution in [1.82, 2.24) is 0 Å². The van der Waals surface area contributed by atoms with Gasteiger partial charge in [0.15, 0.2) is 0 Å². The number of aliphatic carboxylic acids is 4. The minimum absolute atomic E-state index is 0.278. The van der Waals surface area contributed by atoms with Crippen molar-refractivity contribution in [2.45, 2.75) is 19.0 Å². The van der Waals surface area contributed by atoms with Crippen LogP contribution in [0.5, 0.6) is 0 Å². The molecule has 0 spiro atoms. The van der Waals surface area contributed by atoms with Crippen LogP contribution in [0.25, 0.3) is 0 Å². The number of aliphatic hydroxyl groups is 1. The Kier molecular flexibility index (Phi) is 24.6. The van der Waals surface area contributed by atoms with Crippen LogP contribution in [0.3, 0.4) is 0 Å². The van der Waals surface area contributed by atoms with Crippen molar-refractivity contribution in [2.24, 2.45) is 22.9 Å². The zero-order chi connectivity index (χ0) is 19.6. The normalized spacial score (nSPS) is 10.9. The van der Waals surface area contributed by atoms with Crippen LogP contribution in [0, 0.1) is 0 Å². The molecule has 0 aromatic heterocycles. The van der Waals surface area contributed by atoms with Gasteiger partial charge in [-0.1, -0.05) is 0 Å². The third kappa shape index (κ3) is 45.1. The molecule has 0 bridgehead atoms.